The summed E-state index contributed by atoms with van der Waals surface area (Å²) >= 11 is 0. The lowest BCUT2D eigenvalue weighted by Crippen LogP contribution is -2.07. The Hall–Kier alpha value is -1.57. The minimum absolute atomic E-state index is 0.624. The van der Waals surface area contributed by atoms with Gasteiger partial charge >= 0.3 is 5.97 Å². The lowest BCUT2D eigenvalue weighted by atomic mass is 9.89. The van der Waals surface area contributed by atoms with Gasteiger partial charge in [-0.1, -0.05) is 42.7 Å². The largest absolute Gasteiger partial charge is 0.478 e. The minimum Gasteiger partial charge on any atom is -0.478 e. The summed E-state index contributed by atoms with van der Waals surface area (Å²) < 4.78 is 0. The van der Waals surface area contributed by atoms with Gasteiger partial charge in [0.15, 0.2) is 0 Å². The number of aryl methyl sites for hydroxylation is 1. The second-order valence-corrected chi connectivity index (χ2v) is 5.04. The number of carbonyl (C=O) groups is 1. The van der Waals surface area contributed by atoms with E-state index in [9.17, 15) is 9.90 Å². The van der Waals surface area contributed by atoms with Gasteiger partial charge in [0, 0.05) is 5.57 Å². The molecule has 0 aliphatic heterocycles. The van der Waals surface area contributed by atoms with Gasteiger partial charge in [-0.15, -0.1) is 0 Å². The molecule has 2 heteroatoms. The third-order valence-corrected chi connectivity index (χ3v) is 3.63. The Morgan fingerprint density at radius 2 is 1.61 bits per heavy atom. The summed E-state index contributed by atoms with van der Waals surface area (Å²) in [5.41, 5.74) is 3.96. The van der Waals surface area contributed by atoms with Gasteiger partial charge < -0.3 is 5.11 Å². The van der Waals surface area contributed by atoms with Gasteiger partial charge in [-0.2, -0.15) is 0 Å². The van der Waals surface area contributed by atoms with E-state index in [4.69, 9.17) is 0 Å². The lowest BCUT2D eigenvalue weighted by molar-refractivity contribution is -0.132. The highest BCUT2D eigenvalue weighted by molar-refractivity contribution is 5.96. The van der Waals surface area contributed by atoms with Crippen LogP contribution in [0.25, 0.3) is 5.57 Å². The molecule has 96 valence electrons. The van der Waals surface area contributed by atoms with Gasteiger partial charge in [0.25, 0.3) is 0 Å². The van der Waals surface area contributed by atoms with Crippen molar-refractivity contribution < 1.29 is 9.90 Å². The summed E-state index contributed by atoms with van der Waals surface area (Å²) in [6.07, 6.45) is 6.06. The Kier molecular flexibility index (Phi) is 4.19. The van der Waals surface area contributed by atoms with Crippen molar-refractivity contribution in [2.75, 3.05) is 0 Å². The quantitative estimate of drug-likeness (QED) is 0.847. The van der Waals surface area contributed by atoms with Crippen molar-refractivity contribution >= 4 is 11.5 Å². The third-order valence-electron chi connectivity index (χ3n) is 3.63. The van der Waals surface area contributed by atoms with Crippen LogP contribution in [0.2, 0.25) is 0 Å². The van der Waals surface area contributed by atoms with Crippen molar-refractivity contribution in [3.63, 3.8) is 0 Å². The number of hydrogen-bond donors (Lipinski definition) is 1. The van der Waals surface area contributed by atoms with Crippen molar-refractivity contribution in [2.24, 2.45) is 0 Å². The summed E-state index contributed by atoms with van der Waals surface area (Å²) in [6, 6.07) is 8.21. The van der Waals surface area contributed by atoms with Crippen LogP contribution in [0, 0.1) is 6.92 Å². The van der Waals surface area contributed by atoms with Gasteiger partial charge in [0.2, 0.25) is 0 Å². The van der Waals surface area contributed by atoms with Crippen molar-refractivity contribution in [3.05, 3.63) is 41.0 Å². The number of rotatable bonds is 2. The fourth-order valence-electron chi connectivity index (χ4n) is 2.57. The highest BCUT2D eigenvalue weighted by Gasteiger charge is 2.17. The van der Waals surface area contributed by atoms with Crippen molar-refractivity contribution in [1.29, 1.82) is 0 Å². The minimum atomic E-state index is -0.743. The monoisotopic (exact) mass is 244 g/mol. The van der Waals surface area contributed by atoms with E-state index in [-0.39, 0.29) is 0 Å². The van der Waals surface area contributed by atoms with Gasteiger partial charge in [0.05, 0.1) is 0 Å². The molecule has 0 spiro atoms. The van der Waals surface area contributed by atoms with Crippen LogP contribution in [0.15, 0.2) is 29.8 Å². The SMILES string of the molecule is Cc1ccc(C2=C(C(=O)O)CCCCCC2)cc1. The first kappa shape index (κ1) is 12.9. The number of carboxylic acid groups (broad SMARTS) is 1. The average Bonchev–Trinajstić information content (AvgIpc) is 2.30. The van der Waals surface area contributed by atoms with E-state index in [1.54, 1.807) is 0 Å². The van der Waals surface area contributed by atoms with E-state index in [0.29, 0.717) is 12.0 Å². The molecule has 0 atom stereocenters. The number of carboxylic acids is 1. The zero-order valence-corrected chi connectivity index (χ0v) is 10.9. The van der Waals surface area contributed by atoms with Crippen molar-refractivity contribution in [2.45, 2.75) is 45.4 Å². The van der Waals surface area contributed by atoms with Gasteiger partial charge in [-0.3, -0.25) is 0 Å². The van der Waals surface area contributed by atoms with Crippen LogP contribution in [0.4, 0.5) is 0 Å². The molecule has 0 fully saturated rings. The maximum atomic E-state index is 11.4. The predicted molar refractivity (Wildman–Crippen MR) is 73.4 cm³/mol. The highest BCUT2D eigenvalue weighted by atomic mass is 16.4. The average molecular weight is 244 g/mol. The molecule has 0 unspecified atom stereocenters. The molecule has 0 radical (unpaired) electrons. The summed E-state index contributed by atoms with van der Waals surface area (Å²) in [5, 5.41) is 9.38. The molecule has 1 aromatic carbocycles. The van der Waals surface area contributed by atoms with E-state index in [1.165, 1.54) is 12.0 Å². The normalized spacial score (nSPS) is 17.2. The standard InChI is InChI=1S/C16H20O2/c1-12-8-10-13(11-9-12)14-6-4-2-3-5-7-15(14)16(17)18/h8-11H,2-7H2,1H3,(H,17,18). The Balaban J connectivity index is 2.41. The number of allylic oxidation sites excluding steroid dienone is 1. The van der Waals surface area contributed by atoms with Gasteiger partial charge in [0.1, 0.15) is 0 Å². The molecule has 2 nitrogen and oxygen atoms in total. The molecule has 18 heavy (non-hydrogen) atoms. The molecule has 1 aliphatic carbocycles. The van der Waals surface area contributed by atoms with Crippen LogP contribution in [0.1, 0.15) is 49.7 Å². The molecule has 2 rings (SSSR count). The van der Waals surface area contributed by atoms with Crippen molar-refractivity contribution in [1.82, 2.24) is 0 Å². The van der Waals surface area contributed by atoms with Crippen LogP contribution >= 0.6 is 0 Å². The van der Waals surface area contributed by atoms with E-state index in [2.05, 4.69) is 31.2 Å². The maximum absolute atomic E-state index is 11.4. The second-order valence-electron chi connectivity index (χ2n) is 5.04. The molecular formula is C16H20O2. The highest BCUT2D eigenvalue weighted by Crippen LogP contribution is 2.30. The molecule has 0 saturated heterocycles. The Labute approximate surface area is 108 Å². The van der Waals surface area contributed by atoms with Crippen LogP contribution in [0.3, 0.4) is 0 Å². The van der Waals surface area contributed by atoms with E-state index < -0.39 is 5.97 Å². The molecule has 0 aromatic heterocycles. The number of aliphatic carboxylic acids is 1. The molecule has 1 aromatic rings. The van der Waals surface area contributed by atoms with Crippen LogP contribution in [0.5, 0.6) is 0 Å². The number of benzene rings is 1. The van der Waals surface area contributed by atoms with Crippen LogP contribution in [-0.4, -0.2) is 11.1 Å². The van der Waals surface area contributed by atoms with Crippen molar-refractivity contribution in [3.8, 4) is 0 Å². The molecule has 0 saturated carbocycles. The fraction of sp³-hybridized carbons (Fsp3) is 0.438. The first-order valence-corrected chi connectivity index (χ1v) is 6.71. The fourth-order valence-corrected chi connectivity index (χ4v) is 2.57. The summed E-state index contributed by atoms with van der Waals surface area (Å²) in [7, 11) is 0. The Bertz CT molecular complexity index is 454. The summed E-state index contributed by atoms with van der Waals surface area (Å²) in [6.45, 7) is 2.05. The molecule has 0 bridgehead atoms. The van der Waals surface area contributed by atoms with E-state index in [1.807, 2.05) is 0 Å². The molecule has 1 N–H and O–H groups in total. The van der Waals surface area contributed by atoms with E-state index >= 15 is 0 Å². The smallest absolute Gasteiger partial charge is 0.331 e. The number of hydrogen-bond acceptors (Lipinski definition) is 1. The second kappa shape index (κ2) is 5.85. The Morgan fingerprint density at radius 3 is 2.22 bits per heavy atom. The lowest BCUT2D eigenvalue weighted by Gasteiger charge is -2.16. The molecular weight excluding hydrogens is 224 g/mol. The zero-order valence-electron chi connectivity index (χ0n) is 10.9. The van der Waals surface area contributed by atoms with E-state index in [0.717, 1.165) is 36.8 Å². The molecule has 1 aliphatic rings. The molecule has 0 amide bonds. The summed E-state index contributed by atoms with van der Waals surface area (Å²) in [4.78, 5) is 11.4. The topological polar surface area (TPSA) is 37.3 Å². The maximum Gasteiger partial charge on any atom is 0.331 e. The van der Waals surface area contributed by atoms with Crippen LogP contribution in [-0.2, 0) is 4.79 Å². The first-order chi connectivity index (χ1) is 8.68. The predicted octanol–water partition coefficient (Wildman–Crippen LogP) is 4.19. The first-order valence-electron chi connectivity index (χ1n) is 6.71. The Morgan fingerprint density at radius 1 is 1.00 bits per heavy atom. The zero-order chi connectivity index (χ0) is 13.0. The summed E-state index contributed by atoms with van der Waals surface area (Å²) in [5.74, 6) is -0.743. The van der Waals surface area contributed by atoms with Gasteiger partial charge in [-0.25, -0.2) is 4.79 Å². The van der Waals surface area contributed by atoms with Gasteiger partial charge in [-0.05, 0) is 43.7 Å². The third kappa shape index (κ3) is 3.00. The molecule has 0 heterocycles. The van der Waals surface area contributed by atoms with Crippen LogP contribution < -0.4 is 0 Å².